The Bertz CT molecular complexity index is 347. The van der Waals surface area contributed by atoms with Gasteiger partial charge in [-0.1, -0.05) is 12.8 Å². The van der Waals surface area contributed by atoms with Crippen LogP contribution in [0.1, 0.15) is 57.7 Å². The molecular weight excluding hydrogens is 198 g/mol. The van der Waals surface area contributed by atoms with Crippen molar-refractivity contribution < 1.29 is 0 Å². The molecule has 3 heteroatoms. The monoisotopic (exact) mass is 221 g/mol. The third-order valence-electron chi connectivity index (χ3n) is 3.05. The van der Waals surface area contributed by atoms with E-state index < -0.39 is 0 Å². The Morgan fingerprint density at radius 2 is 1.75 bits per heavy atom. The van der Waals surface area contributed by atoms with Crippen molar-refractivity contribution in [2.45, 2.75) is 64.8 Å². The summed E-state index contributed by atoms with van der Waals surface area (Å²) in [6.07, 6.45) is 7.65. The highest BCUT2D eigenvalue weighted by Gasteiger charge is 2.18. The molecule has 2 N–H and O–H groups in total. The normalized spacial score (nSPS) is 17.4. The number of rotatable bonds is 1. The Kier molecular flexibility index (Phi) is 3.22. The third-order valence-corrected chi connectivity index (χ3v) is 3.05. The van der Waals surface area contributed by atoms with Gasteiger partial charge in [-0.2, -0.15) is 5.10 Å². The molecule has 0 aromatic carbocycles. The van der Waals surface area contributed by atoms with Gasteiger partial charge in [0, 0.05) is 16.8 Å². The fraction of sp³-hybridized carbons (Fsp3) is 0.769. The van der Waals surface area contributed by atoms with Gasteiger partial charge in [-0.3, -0.25) is 5.10 Å². The van der Waals surface area contributed by atoms with Crippen LogP contribution in [0.5, 0.6) is 0 Å². The lowest BCUT2D eigenvalue weighted by atomic mass is 9.98. The molecule has 3 nitrogen and oxygen atoms in total. The van der Waals surface area contributed by atoms with E-state index in [1.165, 1.54) is 43.4 Å². The molecule has 1 heterocycles. The van der Waals surface area contributed by atoms with E-state index in [-0.39, 0.29) is 5.54 Å². The molecule has 2 rings (SSSR count). The number of H-pyrrole nitrogens is 1. The number of aromatic nitrogens is 2. The van der Waals surface area contributed by atoms with Crippen molar-refractivity contribution in [3.05, 3.63) is 11.3 Å². The molecular formula is C13H23N3. The fourth-order valence-electron chi connectivity index (χ4n) is 2.29. The Balaban J connectivity index is 2.20. The zero-order valence-corrected chi connectivity index (χ0v) is 10.7. The van der Waals surface area contributed by atoms with Gasteiger partial charge in [0.2, 0.25) is 0 Å². The van der Waals surface area contributed by atoms with Gasteiger partial charge in [-0.25, -0.2) is 0 Å². The summed E-state index contributed by atoms with van der Waals surface area (Å²) in [4.78, 5) is 0. The van der Waals surface area contributed by atoms with Gasteiger partial charge >= 0.3 is 0 Å². The maximum atomic E-state index is 4.43. The molecule has 0 aliphatic heterocycles. The van der Waals surface area contributed by atoms with Crippen molar-refractivity contribution in [1.82, 2.24) is 10.2 Å². The van der Waals surface area contributed by atoms with Crippen molar-refractivity contribution in [2.24, 2.45) is 0 Å². The number of fused-ring (bicyclic) bond motifs is 1. The third kappa shape index (κ3) is 2.77. The number of aryl methyl sites for hydroxylation is 1. The minimum absolute atomic E-state index is 0.0886. The first-order valence-electron chi connectivity index (χ1n) is 6.40. The highest BCUT2D eigenvalue weighted by Crippen LogP contribution is 2.26. The van der Waals surface area contributed by atoms with Crippen LogP contribution in [0.15, 0.2) is 0 Å². The summed E-state index contributed by atoms with van der Waals surface area (Å²) < 4.78 is 0. The van der Waals surface area contributed by atoms with Gasteiger partial charge in [-0.15, -0.1) is 0 Å². The standard InChI is InChI=1S/C13H23N3/c1-13(2,3)14-12-10-8-6-4-5-7-9-11(10)15-16-12/h4-9H2,1-3H3,(H2,14,15,16). The minimum Gasteiger partial charge on any atom is -0.364 e. The summed E-state index contributed by atoms with van der Waals surface area (Å²) in [7, 11) is 0. The van der Waals surface area contributed by atoms with Crippen LogP contribution < -0.4 is 5.32 Å². The van der Waals surface area contributed by atoms with Crippen LogP contribution in [0.4, 0.5) is 5.82 Å². The molecule has 0 spiro atoms. The predicted octanol–water partition coefficient (Wildman–Crippen LogP) is 3.28. The number of nitrogens with one attached hydrogen (secondary N) is 2. The zero-order valence-electron chi connectivity index (χ0n) is 10.7. The first-order chi connectivity index (χ1) is 7.56. The summed E-state index contributed by atoms with van der Waals surface area (Å²) in [6.45, 7) is 6.53. The first-order valence-corrected chi connectivity index (χ1v) is 6.40. The van der Waals surface area contributed by atoms with E-state index in [1.54, 1.807) is 0 Å². The Labute approximate surface area is 98.0 Å². The predicted molar refractivity (Wildman–Crippen MR) is 67.8 cm³/mol. The Morgan fingerprint density at radius 1 is 1.06 bits per heavy atom. The second kappa shape index (κ2) is 4.48. The molecule has 1 aromatic heterocycles. The van der Waals surface area contributed by atoms with Crippen LogP contribution in [0, 0.1) is 0 Å². The smallest absolute Gasteiger partial charge is 0.151 e. The minimum atomic E-state index is 0.0886. The molecule has 0 fully saturated rings. The van der Waals surface area contributed by atoms with Crippen molar-refractivity contribution in [3.63, 3.8) is 0 Å². The van der Waals surface area contributed by atoms with Gasteiger partial charge in [0.15, 0.2) is 5.82 Å². The molecule has 1 aromatic rings. The molecule has 0 bridgehead atoms. The van der Waals surface area contributed by atoms with Crippen molar-refractivity contribution in [1.29, 1.82) is 0 Å². The van der Waals surface area contributed by atoms with E-state index in [2.05, 4.69) is 36.3 Å². The van der Waals surface area contributed by atoms with Crippen LogP contribution in [0.3, 0.4) is 0 Å². The van der Waals surface area contributed by atoms with E-state index in [0.717, 1.165) is 12.2 Å². The molecule has 1 aliphatic rings. The highest BCUT2D eigenvalue weighted by molar-refractivity contribution is 5.48. The maximum Gasteiger partial charge on any atom is 0.151 e. The van der Waals surface area contributed by atoms with Gasteiger partial charge in [-0.05, 0) is 46.5 Å². The molecule has 0 saturated heterocycles. The van der Waals surface area contributed by atoms with Gasteiger partial charge < -0.3 is 5.32 Å². The number of aromatic amines is 1. The molecule has 1 aliphatic carbocycles. The summed E-state index contributed by atoms with van der Waals surface area (Å²) in [5, 5.41) is 11.1. The fourth-order valence-corrected chi connectivity index (χ4v) is 2.29. The molecule has 0 unspecified atom stereocenters. The number of anilines is 1. The van der Waals surface area contributed by atoms with Gasteiger partial charge in [0.05, 0.1) is 0 Å². The van der Waals surface area contributed by atoms with Crippen LogP contribution in [-0.4, -0.2) is 15.7 Å². The van der Waals surface area contributed by atoms with E-state index in [1.807, 2.05) is 0 Å². The summed E-state index contributed by atoms with van der Waals surface area (Å²) in [5.41, 5.74) is 2.87. The molecule has 16 heavy (non-hydrogen) atoms. The van der Waals surface area contributed by atoms with E-state index >= 15 is 0 Å². The second-order valence-electron chi connectivity index (χ2n) is 5.82. The SMILES string of the molecule is CC(C)(C)Nc1n[nH]c2c1CCCCCC2. The summed E-state index contributed by atoms with van der Waals surface area (Å²) >= 11 is 0. The largest absolute Gasteiger partial charge is 0.364 e. The molecule has 90 valence electrons. The lowest BCUT2D eigenvalue weighted by Crippen LogP contribution is -2.27. The Hall–Kier alpha value is -0.990. The quantitative estimate of drug-likeness (QED) is 0.764. The van der Waals surface area contributed by atoms with Gasteiger partial charge in [0.1, 0.15) is 0 Å². The highest BCUT2D eigenvalue weighted by atomic mass is 15.2. The summed E-state index contributed by atoms with van der Waals surface area (Å²) in [6, 6.07) is 0. The molecule has 0 amide bonds. The van der Waals surface area contributed by atoms with Crippen molar-refractivity contribution >= 4 is 5.82 Å². The van der Waals surface area contributed by atoms with Crippen LogP contribution in [0.25, 0.3) is 0 Å². The number of nitrogens with zero attached hydrogens (tertiary/aromatic N) is 1. The second-order valence-corrected chi connectivity index (χ2v) is 5.82. The van der Waals surface area contributed by atoms with Crippen LogP contribution >= 0.6 is 0 Å². The van der Waals surface area contributed by atoms with E-state index in [9.17, 15) is 0 Å². The average molecular weight is 221 g/mol. The topological polar surface area (TPSA) is 40.7 Å². The van der Waals surface area contributed by atoms with E-state index in [0.29, 0.717) is 0 Å². The summed E-state index contributed by atoms with van der Waals surface area (Å²) in [5.74, 6) is 1.07. The Morgan fingerprint density at radius 3 is 2.44 bits per heavy atom. The number of hydrogen-bond donors (Lipinski definition) is 2. The molecule has 0 radical (unpaired) electrons. The van der Waals surface area contributed by atoms with Crippen LogP contribution in [-0.2, 0) is 12.8 Å². The first kappa shape index (κ1) is 11.5. The van der Waals surface area contributed by atoms with E-state index in [4.69, 9.17) is 0 Å². The van der Waals surface area contributed by atoms with Gasteiger partial charge in [0.25, 0.3) is 0 Å². The zero-order chi connectivity index (χ0) is 11.6. The maximum absolute atomic E-state index is 4.43. The lowest BCUT2D eigenvalue weighted by molar-refractivity contribution is 0.608. The molecule has 0 saturated carbocycles. The average Bonchev–Trinajstić information content (AvgIpc) is 2.44. The van der Waals surface area contributed by atoms with Crippen molar-refractivity contribution in [2.75, 3.05) is 5.32 Å². The van der Waals surface area contributed by atoms with Crippen LogP contribution in [0.2, 0.25) is 0 Å². The lowest BCUT2D eigenvalue weighted by Gasteiger charge is -2.21. The number of hydrogen-bond acceptors (Lipinski definition) is 2. The molecule has 0 atom stereocenters. The van der Waals surface area contributed by atoms with Crippen molar-refractivity contribution in [3.8, 4) is 0 Å².